The molecule has 1 fully saturated rings. The number of tetrazole rings is 1. The molecule has 1 amide bonds. The fourth-order valence-corrected chi connectivity index (χ4v) is 2.95. The summed E-state index contributed by atoms with van der Waals surface area (Å²) in [5.41, 5.74) is -0.462. The van der Waals surface area contributed by atoms with Gasteiger partial charge < -0.3 is 14.4 Å². The molecule has 8 nitrogen and oxygen atoms in total. The maximum Gasteiger partial charge on any atom is 0.224 e. The van der Waals surface area contributed by atoms with Crippen molar-refractivity contribution < 1.29 is 14.3 Å². The highest BCUT2D eigenvalue weighted by Crippen LogP contribution is 2.26. The van der Waals surface area contributed by atoms with Crippen LogP contribution in [-0.2, 0) is 16.1 Å². The lowest BCUT2D eigenvalue weighted by molar-refractivity contribution is -0.132. The number of hydrogen-bond donors (Lipinski definition) is 0. The van der Waals surface area contributed by atoms with Crippen LogP contribution in [0.15, 0.2) is 30.3 Å². The molecule has 8 heteroatoms. The maximum absolute atomic E-state index is 12.5. The number of amides is 1. The van der Waals surface area contributed by atoms with E-state index in [1.54, 1.807) is 11.8 Å². The molecule has 134 valence electrons. The third-order valence-corrected chi connectivity index (χ3v) is 4.60. The largest absolute Gasteiger partial charge is 0.491 e. The van der Waals surface area contributed by atoms with Crippen molar-refractivity contribution in [1.82, 2.24) is 25.1 Å². The molecule has 25 heavy (non-hydrogen) atoms. The lowest BCUT2D eigenvalue weighted by atomic mass is 10.0. The molecule has 1 aliphatic heterocycles. The molecule has 1 saturated heterocycles. The van der Waals surface area contributed by atoms with E-state index in [1.165, 1.54) is 0 Å². The number of benzene rings is 1. The Balaban J connectivity index is 1.53. The standard InChI is InChI=1S/C17H23N5O3/c1-14-18-19-20-22(14)10-8-16(23)21-11-9-17(12-21,24-2)13-25-15-6-4-3-5-7-15/h3-7H,8-13H2,1-2H3/t17-/m1/s1. The van der Waals surface area contributed by atoms with Crippen LogP contribution in [0.3, 0.4) is 0 Å². The molecule has 0 radical (unpaired) electrons. The molecule has 0 spiro atoms. The predicted octanol–water partition coefficient (Wildman–Crippen LogP) is 1.07. The van der Waals surface area contributed by atoms with E-state index < -0.39 is 5.60 Å². The van der Waals surface area contributed by atoms with Gasteiger partial charge in [0.15, 0.2) is 0 Å². The third-order valence-electron chi connectivity index (χ3n) is 4.60. The summed E-state index contributed by atoms with van der Waals surface area (Å²) >= 11 is 0. The number of hydrogen-bond acceptors (Lipinski definition) is 6. The number of rotatable bonds is 7. The number of ether oxygens (including phenoxy) is 2. The van der Waals surface area contributed by atoms with Gasteiger partial charge in [-0.05, 0) is 35.9 Å². The van der Waals surface area contributed by atoms with Crippen LogP contribution >= 0.6 is 0 Å². The Morgan fingerprint density at radius 2 is 2.12 bits per heavy atom. The van der Waals surface area contributed by atoms with E-state index in [0.717, 1.165) is 12.2 Å². The Morgan fingerprint density at radius 3 is 2.80 bits per heavy atom. The van der Waals surface area contributed by atoms with Gasteiger partial charge in [0.2, 0.25) is 5.91 Å². The quantitative estimate of drug-likeness (QED) is 0.746. The summed E-state index contributed by atoms with van der Waals surface area (Å²) in [7, 11) is 1.67. The zero-order chi connectivity index (χ0) is 17.7. The first-order chi connectivity index (χ1) is 12.1. The maximum atomic E-state index is 12.5. The Kier molecular flexibility index (Phi) is 5.28. The summed E-state index contributed by atoms with van der Waals surface area (Å²) in [6.07, 6.45) is 1.12. The molecule has 0 aliphatic carbocycles. The van der Waals surface area contributed by atoms with Crippen molar-refractivity contribution in [2.45, 2.75) is 31.9 Å². The summed E-state index contributed by atoms with van der Waals surface area (Å²) in [6, 6.07) is 9.63. The molecule has 0 unspecified atom stereocenters. The van der Waals surface area contributed by atoms with Gasteiger partial charge in [-0.2, -0.15) is 0 Å². The van der Waals surface area contributed by atoms with Crippen molar-refractivity contribution in [2.24, 2.45) is 0 Å². The summed E-state index contributed by atoms with van der Waals surface area (Å²) in [4.78, 5) is 14.3. The molecule has 2 heterocycles. The minimum atomic E-state index is -0.462. The predicted molar refractivity (Wildman–Crippen MR) is 90.0 cm³/mol. The molecular weight excluding hydrogens is 322 g/mol. The summed E-state index contributed by atoms with van der Waals surface area (Å²) in [5, 5.41) is 11.3. The van der Waals surface area contributed by atoms with Crippen LogP contribution in [0.4, 0.5) is 0 Å². The average Bonchev–Trinajstić information content (AvgIpc) is 3.26. The van der Waals surface area contributed by atoms with Crippen LogP contribution in [0.5, 0.6) is 5.75 Å². The molecule has 1 aromatic heterocycles. The molecule has 2 aromatic rings. The number of likely N-dealkylation sites (tertiary alicyclic amines) is 1. The Bertz CT molecular complexity index is 705. The fraction of sp³-hybridized carbons (Fsp3) is 0.529. The minimum Gasteiger partial charge on any atom is -0.491 e. The zero-order valence-corrected chi connectivity index (χ0v) is 14.6. The van der Waals surface area contributed by atoms with Gasteiger partial charge >= 0.3 is 0 Å². The Labute approximate surface area is 146 Å². The van der Waals surface area contributed by atoms with Crippen LogP contribution in [0.2, 0.25) is 0 Å². The van der Waals surface area contributed by atoms with Crippen molar-refractivity contribution in [3.05, 3.63) is 36.2 Å². The van der Waals surface area contributed by atoms with Gasteiger partial charge in [0, 0.05) is 20.1 Å². The third kappa shape index (κ3) is 4.14. The van der Waals surface area contributed by atoms with Gasteiger partial charge in [0.05, 0.1) is 13.1 Å². The fourth-order valence-electron chi connectivity index (χ4n) is 2.95. The second-order valence-electron chi connectivity index (χ2n) is 6.25. The molecule has 0 N–H and O–H groups in total. The van der Waals surface area contributed by atoms with Crippen LogP contribution in [0.1, 0.15) is 18.7 Å². The summed E-state index contributed by atoms with van der Waals surface area (Å²) in [6.45, 7) is 3.92. The van der Waals surface area contributed by atoms with E-state index in [4.69, 9.17) is 9.47 Å². The monoisotopic (exact) mass is 345 g/mol. The summed E-state index contributed by atoms with van der Waals surface area (Å²) < 4.78 is 13.2. The van der Waals surface area contributed by atoms with Crippen molar-refractivity contribution >= 4 is 5.91 Å². The van der Waals surface area contributed by atoms with Gasteiger partial charge in [-0.15, -0.1) is 5.10 Å². The number of nitrogens with zero attached hydrogens (tertiary/aromatic N) is 5. The molecular formula is C17H23N5O3. The SMILES string of the molecule is CO[C@]1(COc2ccccc2)CCN(C(=O)CCn2nnnc2C)C1. The molecule has 3 rings (SSSR count). The number of aryl methyl sites for hydroxylation is 2. The molecule has 1 aromatic carbocycles. The topological polar surface area (TPSA) is 82.4 Å². The van der Waals surface area contributed by atoms with E-state index in [1.807, 2.05) is 42.2 Å². The van der Waals surface area contributed by atoms with Crippen LogP contribution in [-0.4, -0.2) is 63.4 Å². The molecule has 1 atom stereocenters. The van der Waals surface area contributed by atoms with Crippen LogP contribution in [0, 0.1) is 6.92 Å². The number of methoxy groups -OCH3 is 1. The van der Waals surface area contributed by atoms with E-state index in [0.29, 0.717) is 38.5 Å². The van der Waals surface area contributed by atoms with Crippen LogP contribution < -0.4 is 4.74 Å². The number of aromatic nitrogens is 4. The van der Waals surface area contributed by atoms with E-state index in [9.17, 15) is 4.79 Å². The lowest BCUT2D eigenvalue weighted by Crippen LogP contribution is -2.42. The number of para-hydroxylation sites is 1. The second kappa shape index (κ2) is 7.60. The first-order valence-electron chi connectivity index (χ1n) is 8.35. The van der Waals surface area contributed by atoms with Crippen molar-refractivity contribution in [2.75, 3.05) is 26.8 Å². The Morgan fingerprint density at radius 1 is 1.32 bits per heavy atom. The van der Waals surface area contributed by atoms with Gasteiger partial charge in [0.1, 0.15) is 23.8 Å². The smallest absolute Gasteiger partial charge is 0.224 e. The van der Waals surface area contributed by atoms with Gasteiger partial charge in [-0.1, -0.05) is 18.2 Å². The highest BCUT2D eigenvalue weighted by Gasteiger charge is 2.41. The van der Waals surface area contributed by atoms with Gasteiger partial charge in [-0.3, -0.25) is 4.79 Å². The van der Waals surface area contributed by atoms with Gasteiger partial charge in [-0.25, -0.2) is 4.68 Å². The minimum absolute atomic E-state index is 0.0773. The van der Waals surface area contributed by atoms with Crippen molar-refractivity contribution in [1.29, 1.82) is 0 Å². The van der Waals surface area contributed by atoms with E-state index >= 15 is 0 Å². The number of carbonyl (C=O) groups is 1. The highest BCUT2D eigenvalue weighted by atomic mass is 16.5. The van der Waals surface area contributed by atoms with Crippen LogP contribution in [0.25, 0.3) is 0 Å². The second-order valence-corrected chi connectivity index (χ2v) is 6.25. The molecule has 0 saturated carbocycles. The lowest BCUT2D eigenvalue weighted by Gasteiger charge is -2.28. The van der Waals surface area contributed by atoms with E-state index in [-0.39, 0.29) is 5.91 Å². The number of carbonyl (C=O) groups excluding carboxylic acids is 1. The first-order valence-corrected chi connectivity index (χ1v) is 8.35. The zero-order valence-electron chi connectivity index (χ0n) is 14.6. The van der Waals surface area contributed by atoms with Crippen molar-refractivity contribution in [3.8, 4) is 5.75 Å². The molecule has 0 bridgehead atoms. The van der Waals surface area contributed by atoms with Crippen molar-refractivity contribution in [3.63, 3.8) is 0 Å². The van der Waals surface area contributed by atoms with Gasteiger partial charge in [0.25, 0.3) is 0 Å². The first kappa shape index (κ1) is 17.3. The normalized spacial score (nSPS) is 20.0. The molecule has 1 aliphatic rings. The Hall–Kier alpha value is -2.48. The average molecular weight is 345 g/mol. The summed E-state index contributed by atoms with van der Waals surface area (Å²) in [5.74, 6) is 1.59. The van der Waals surface area contributed by atoms with E-state index in [2.05, 4.69) is 15.5 Å². The highest BCUT2D eigenvalue weighted by molar-refractivity contribution is 5.76.